The van der Waals surface area contributed by atoms with Crippen molar-refractivity contribution >= 4 is 17.2 Å². The van der Waals surface area contributed by atoms with Crippen LogP contribution >= 0.6 is 11.3 Å². The van der Waals surface area contributed by atoms with Crippen LogP contribution in [0.4, 0.5) is 0 Å². The second-order valence-corrected chi connectivity index (χ2v) is 8.45. The molecule has 2 heterocycles. The first-order chi connectivity index (χ1) is 12.5. The van der Waals surface area contributed by atoms with Gasteiger partial charge < -0.3 is 9.80 Å². The van der Waals surface area contributed by atoms with E-state index in [1.165, 1.54) is 17.5 Å². The van der Waals surface area contributed by atoms with Gasteiger partial charge in [0.15, 0.2) is 0 Å². The molecule has 5 heteroatoms. The number of carbonyl (C=O) groups excluding carboxylic acids is 1. The lowest BCUT2D eigenvalue weighted by molar-refractivity contribution is 0.0615. The second-order valence-electron chi connectivity index (χ2n) is 7.37. The third-order valence-corrected chi connectivity index (χ3v) is 6.25. The molecule has 1 saturated heterocycles. The van der Waals surface area contributed by atoms with Gasteiger partial charge in [0.1, 0.15) is 4.88 Å². The Balaban J connectivity index is 1.83. The van der Waals surface area contributed by atoms with Crippen LogP contribution in [0.5, 0.6) is 0 Å². The first kappa shape index (κ1) is 19.1. The van der Waals surface area contributed by atoms with Crippen LogP contribution in [-0.4, -0.2) is 41.3 Å². The Hall–Kier alpha value is -1.72. The molecule has 140 valence electrons. The van der Waals surface area contributed by atoms with Crippen molar-refractivity contribution in [3.63, 3.8) is 0 Å². The molecule has 1 fully saturated rings. The molecule has 0 spiro atoms. The van der Waals surface area contributed by atoms with Gasteiger partial charge in [0.25, 0.3) is 5.91 Å². The third kappa shape index (κ3) is 4.15. The first-order valence-electron chi connectivity index (χ1n) is 9.50. The number of aromatic nitrogens is 1. The molecule has 1 aromatic heterocycles. The maximum Gasteiger partial charge on any atom is 0.266 e. The lowest BCUT2D eigenvalue weighted by atomic mass is 9.94. The van der Waals surface area contributed by atoms with Gasteiger partial charge in [-0.1, -0.05) is 31.2 Å². The number of hydrogen-bond acceptors (Lipinski definition) is 4. The fourth-order valence-electron chi connectivity index (χ4n) is 3.66. The van der Waals surface area contributed by atoms with Gasteiger partial charge in [-0.25, -0.2) is 4.98 Å². The van der Waals surface area contributed by atoms with E-state index in [4.69, 9.17) is 0 Å². The van der Waals surface area contributed by atoms with Crippen LogP contribution in [0.15, 0.2) is 24.3 Å². The molecule has 1 aliphatic rings. The molecule has 1 aromatic carbocycles. The van der Waals surface area contributed by atoms with Crippen LogP contribution in [0, 0.1) is 6.92 Å². The SMILES string of the molecule is CCc1nc(C)c(C(=O)N2CCCC[C@H]2c2ccc(CN(C)C)cc2)s1. The average Bonchev–Trinajstić information content (AvgIpc) is 3.02. The molecule has 0 radical (unpaired) electrons. The quantitative estimate of drug-likeness (QED) is 0.779. The number of thiazole rings is 1. The third-order valence-electron chi connectivity index (χ3n) is 4.96. The maximum atomic E-state index is 13.2. The van der Waals surface area contributed by atoms with Gasteiger partial charge in [-0.15, -0.1) is 11.3 Å². The highest BCUT2D eigenvalue weighted by Gasteiger charge is 2.30. The first-order valence-corrected chi connectivity index (χ1v) is 10.3. The Bertz CT molecular complexity index is 751. The fraction of sp³-hybridized carbons (Fsp3) is 0.524. The molecular weight excluding hydrogens is 342 g/mol. The van der Waals surface area contributed by atoms with Crippen molar-refractivity contribution in [2.24, 2.45) is 0 Å². The average molecular weight is 372 g/mol. The van der Waals surface area contributed by atoms with E-state index >= 15 is 0 Å². The summed E-state index contributed by atoms with van der Waals surface area (Å²) in [7, 11) is 4.16. The topological polar surface area (TPSA) is 36.4 Å². The number of likely N-dealkylation sites (tertiary alicyclic amines) is 1. The monoisotopic (exact) mass is 371 g/mol. The number of nitrogens with zero attached hydrogens (tertiary/aromatic N) is 3. The van der Waals surface area contributed by atoms with Gasteiger partial charge in [-0.3, -0.25) is 4.79 Å². The minimum absolute atomic E-state index is 0.154. The Kier molecular flexibility index (Phi) is 6.09. The van der Waals surface area contributed by atoms with E-state index in [0.29, 0.717) is 0 Å². The number of rotatable bonds is 5. The summed E-state index contributed by atoms with van der Waals surface area (Å²) in [4.78, 5) is 22.8. The highest BCUT2D eigenvalue weighted by atomic mass is 32.1. The molecule has 0 bridgehead atoms. The van der Waals surface area contributed by atoms with Crippen LogP contribution in [0.1, 0.15) is 63.7 Å². The molecule has 3 rings (SSSR count). The normalized spacial score (nSPS) is 17.7. The summed E-state index contributed by atoms with van der Waals surface area (Å²) in [6, 6.07) is 8.97. The van der Waals surface area contributed by atoms with Crippen LogP contribution in [0.3, 0.4) is 0 Å². The van der Waals surface area contributed by atoms with E-state index in [2.05, 4.69) is 60.1 Å². The zero-order chi connectivity index (χ0) is 18.7. The Labute approximate surface area is 160 Å². The molecular formula is C21H29N3OS. The summed E-state index contributed by atoms with van der Waals surface area (Å²) in [6.07, 6.45) is 4.18. The molecule has 2 aromatic rings. The molecule has 4 nitrogen and oxygen atoms in total. The van der Waals surface area contributed by atoms with Crippen molar-refractivity contribution in [2.75, 3.05) is 20.6 Å². The van der Waals surface area contributed by atoms with Crippen molar-refractivity contribution in [1.82, 2.24) is 14.8 Å². The molecule has 0 saturated carbocycles. The molecule has 0 unspecified atom stereocenters. The van der Waals surface area contributed by atoms with Crippen LogP contribution in [0.2, 0.25) is 0 Å². The molecule has 26 heavy (non-hydrogen) atoms. The van der Waals surface area contributed by atoms with Crippen molar-refractivity contribution in [3.8, 4) is 0 Å². The minimum atomic E-state index is 0.154. The summed E-state index contributed by atoms with van der Waals surface area (Å²) in [6.45, 7) is 5.82. The number of aryl methyl sites for hydroxylation is 2. The Morgan fingerprint density at radius 1 is 1.27 bits per heavy atom. The molecule has 1 aliphatic heterocycles. The van der Waals surface area contributed by atoms with Crippen LogP contribution in [-0.2, 0) is 13.0 Å². The number of amides is 1. The summed E-state index contributed by atoms with van der Waals surface area (Å²) in [5, 5.41) is 1.05. The predicted molar refractivity (Wildman–Crippen MR) is 108 cm³/mol. The van der Waals surface area contributed by atoms with Gasteiger partial charge in [-0.05, 0) is 57.8 Å². The number of carbonyl (C=O) groups is 1. The van der Waals surface area contributed by atoms with Gasteiger partial charge in [0.05, 0.1) is 16.7 Å². The van der Waals surface area contributed by atoms with Gasteiger partial charge in [-0.2, -0.15) is 0 Å². The van der Waals surface area contributed by atoms with Crippen LogP contribution in [0.25, 0.3) is 0 Å². The number of benzene rings is 1. The number of piperidine rings is 1. The Morgan fingerprint density at radius 3 is 2.62 bits per heavy atom. The molecule has 1 atom stereocenters. The largest absolute Gasteiger partial charge is 0.331 e. The minimum Gasteiger partial charge on any atom is -0.331 e. The highest BCUT2D eigenvalue weighted by molar-refractivity contribution is 7.13. The maximum absolute atomic E-state index is 13.2. The highest BCUT2D eigenvalue weighted by Crippen LogP contribution is 2.34. The second kappa shape index (κ2) is 8.31. The van der Waals surface area contributed by atoms with E-state index in [1.54, 1.807) is 11.3 Å². The van der Waals surface area contributed by atoms with Gasteiger partial charge >= 0.3 is 0 Å². The van der Waals surface area contributed by atoms with Crippen LogP contribution < -0.4 is 0 Å². The summed E-state index contributed by atoms with van der Waals surface area (Å²) in [5.74, 6) is 0.154. The lowest BCUT2D eigenvalue weighted by Gasteiger charge is -2.36. The Morgan fingerprint density at radius 2 is 2.00 bits per heavy atom. The number of hydrogen-bond donors (Lipinski definition) is 0. The van der Waals surface area contributed by atoms with Gasteiger partial charge in [0.2, 0.25) is 0 Å². The molecule has 0 aliphatic carbocycles. The van der Waals surface area contributed by atoms with Gasteiger partial charge in [0, 0.05) is 13.1 Å². The van der Waals surface area contributed by atoms with E-state index in [-0.39, 0.29) is 11.9 Å². The van der Waals surface area contributed by atoms with E-state index in [0.717, 1.165) is 47.9 Å². The van der Waals surface area contributed by atoms with Crippen molar-refractivity contribution in [1.29, 1.82) is 0 Å². The summed E-state index contributed by atoms with van der Waals surface area (Å²) < 4.78 is 0. The zero-order valence-electron chi connectivity index (χ0n) is 16.3. The zero-order valence-corrected chi connectivity index (χ0v) is 17.1. The van der Waals surface area contributed by atoms with E-state index in [9.17, 15) is 4.79 Å². The lowest BCUT2D eigenvalue weighted by Crippen LogP contribution is -2.38. The van der Waals surface area contributed by atoms with Crippen molar-refractivity contribution < 1.29 is 4.79 Å². The van der Waals surface area contributed by atoms with E-state index in [1.807, 2.05) is 6.92 Å². The summed E-state index contributed by atoms with van der Waals surface area (Å²) >= 11 is 1.56. The molecule has 1 amide bonds. The summed E-state index contributed by atoms with van der Waals surface area (Å²) in [5.41, 5.74) is 3.43. The molecule has 0 N–H and O–H groups in total. The van der Waals surface area contributed by atoms with E-state index < -0.39 is 0 Å². The predicted octanol–water partition coefficient (Wildman–Crippen LogP) is 4.44. The van der Waals surface area contributed by atoms with Crippen molar-refractivity contribution in [2.45, 2.75) is 52.1 Å². The smallest absolute Gasteiger partial charge is 0.266 e. The fourth-order valence-corrected chi connectivity index (χ4v) is 4.62. The van der Waals surface area contributed by atoms with Crippen molar-refractivity contribution in [3.05, 3.63) is 51.0 Å². The standard InChI is InChI=1S/C21H29N3OS/c1-5-19-22-15(2)20(26-19)21(25)24-13-7-6-8-18(24)17-11-9-16(10-12-17)14-23(3)4/h9-12,18H,5-8,13-14H2,1-4H3/t18-/m0/s1.